The molecule has 4 atom stereocenters. The Morgan fingerprint density at radius 3 is 1.91 bits per heavy atom. The van der Waals surface area contributed by atoms with Gasteiger partial charge in [0.2, 0.25) is 0 Å². The van der Waals surface area contributed by atoms with Crippen LogP contribution in [0, 0.1) is 11.8 Å². The minimum absolute atomic E-state index is 0.0375. The van der Waals surface area contributed by atoms with Gasteiger partial charge < -0.3 is 14.9 Å². The molecule has 0 heterocycles. The van der Waals surface area contributed by atoms with E-state index < -0.39 is 12.2 Å². The van der Waals surface area contributed by atoms with E-state index in [-0.39, 0.29) is 23.9 Å². The second-order valence-electron chi connectivity index (χ2n) is 10.1. The summed E-state index contributed by atoms with van der Waals surface area (Å²) in [5, 5.41) is 20.8. The molecule has 1 aliphatic rings. The molecular weight excluding hydrogens is 404 g/mol. The molecule has 0 aromatic heterocycles. The summed E-state index contributed by atoms with van der Waals surface area (Å²) in [4.78, 5) is 23.8. The zero-order chi connectivity index (χ0) is 23.8. The zero-order valence-electron chi connectivity index (χ0n) is 21.0. The van der Waals surface area contributed by atoms with E-state index in [1.807, 2.05) is 13.8 Å². The van der Waals surface area contributed by atoms with Crippen molar-refractivity contribution in [1.29, 1.82) is 0 Å². The number of rotatable bonds is 19. The predicted octanol–water partition coefficient (Wildman–Crippen LogP) is 6.13. The Bertz CT molecular complexity index is 504. The maximum Gasteiger partial charge on any atom is 0.306 e. The molecule has 1 fully saturated rings. The van der Waals surface area contributed by atoms with Crippen molar-refractivity contribution in [3.05, 3.63) is 0 Å². The number of Topliss-reactive ketones (excluding diaryl/α,β-unsaturated/α-hetero) is 1. The highest BCUT2D eigenvalue weighted by atomic mass is 16.5. The maximum absolute atomic E-state index is 12.2. The molecule has 5 nitrogen and oxygen atoms in total. The molecule has 1 rings (SSSR count). The minimum atomic E-state index is -0.474. The fourth-order valence-electron chi connectivity index (χ4n) is 5.04. The lowest BCUT2D eigenvalue weighted by Crippen LogP contribution is -2.23. The molecule has 188 valence electrons. The Kier molecular flexibility index (Phi) is 15.9. The summed E-state index contributed by atoms with van der Waals surface area (Å²) >= 11 is 0. The van der Waals surface area contributed by atoms with E-state index in [9.17, 15) is 19.8 Å². The van der Waals surface area contributed by atoms with E-state index in [0.29, 0.717) is 37.9 Å². The molecule has 32 heavy (non-hydrogen) atoms. The predicted molar refractivity (Wildman–Crippen MR) is 129 cm³/mol. The van der Waals surface area contributed by atoms with E-state index in [4.69, 9.17) is 4.74 Å². The van der Waals surface area contributed by atoms with Crippen LogP contribution in [0.15, 0.2) is 0 Å². The van der Waals surface area contributed by atoms with E-state index in [1.54, 1.807) is 0 Å². The first-order valence-corrected chi connectivity index (χ1v) is 13.4. The van der Waals surface area contributed by atoms with Gasteiger partial charge in [-0.3, -0.25) is 9.59 Å². The molecule has 0 aliphatic heterocycles. The van der Waals surface area contributed by atoms with Gasteiger partial charge in [0, 0.05) is 19.3 Å². The van der Waals surface area contributed by atoms with Gasteiger partial charge in [-0.25, -0.2) is 0 Å². The Labute approximate surface area is 196 Å². The van der Waals surface area contributed by atoms with Crippen molar-refractivity contribution >= 4 is 11.8 Å². The molecular formula is C27H50O5. The van der Waals surface area contributed by atoms with Crippen molar-refractivity contribution in [2.45, 2.75) is 148 Å². The highest BCUT2D eigenvalue weighted by Crippen LogP contribution is 2.39. The molecule has 0 saturated heterocycles. The second kappa shape index (κ2) is 17.5. The standard InChI is InChI=1S/C27H50O5/c1-4-5-6-9-12-15-22(28)18-19-24-23(25(29)20-26(24)30)16-13-10-7-8-11-14-17-27(31)32-21(2)3/h21,23-26,29-30H,4-20H2,1-3H3/t23-,24-,25+,26-/m1/s1. The summed E-state index contributed by atoms with van der Waals surface area (Å²) < 4.78 is 5.14. The fraction of sp³-hybridized carbons (Fsp3) is 0.926. The lowest BCUT2D eigenvalue weighted by molar-refractivity contribution is -0.147. The van der Waals surface area contributed by atoms with Crippen molar-refractivity contribution in [3.8, 4) is 0 Å². The Hall–Kier alpha value is -0.940. The van der Waals surface area contributed by atoms with E-state index in [0.717, 1.165) is 57.8 Å². The maximum atomic E-state index is 12.2. The van der Waals surface area contributed by atoms with Crippen molar-refractivity contribution < 1.29 is 24.5 Å². The quantitative estimate of drug-likeness (QED) is 0.181. The van der Waals surface area contributed by atoms with Crippen LogP contribution in [0.25, 0.3) is 0 Å². The number of ketones is 1. The van der Waals surface area contributed by atoms with E-state index in [1.165, 1.54) is 19.3 Å². The highest BCUT2D eigenvalue weighted by Gasteiger charge is 2.40. The largest absolute Gasteiger partial charge is 0.463 e. The van der Waals surface area contributed by atoms with Gasteiger partial charge >= 0.3 is 5.97 Å². The molecule has 0 aromatic rings. The molecule has 0 radical (unpaired) electrons. The van der Waals surface area contributed by atoms with Crippen molar-refractivity contribution in [1.82, 2.24) is 0 Å². The third-order valence-electron chi connectivity index (χ3n) is 6.87. The molecule has 1 saturated carbocycles. The van der Waals surface area contributed by atoms with Crippen LogP contribution in [-0.4, -0.2) is 40.3 Å². The van der Waals surface area contributed by atoms with Crippen LogP contribution in [0.3, 0.4) is 0 Å². The first-order chi connectivity index (χ1) is 15.3. The fourth-order valence-corrected chi connectivity index (χ4v) is 5.04. The number of unbranched alkanes of at least 4 members (excludes halogenated alkanes) is 9. The number of esters is 1. The summed E-state index contributed by atoms with van der Waals surface area (Å²) in [6.45, 7) is 5.93. The topological polar surface area (TPSA) is 83.8 Å². The lowest BCUT2D eigenvalue weighted by atomic mass is 9.84. The van der Waals surface area contributed by atoms with Gasteiger partial charge in [-0.1, -0.05) is 64.7 Å². The summed E-state index contributed by atoms with van der Waals surface area (Å²) in [7, 11) is 0. The third-order valence-corrected chi connectivity index (χ3v) is 6.87. The van der Waals surface area contributed by atoms with Gasteiger partial charge in [0.25, 0.3) is 0 Å². The number of aliphatic hydroxyl groups excluding tert-OH is 2. The van der Waals surface area contributed by atoms with E-state index in [2.05, 4.69) is 6.92 Å². The monoisotopic (exact) mass is 454 g/mol. The number of aliphatic hydroxyl groups is 2. The van der Waals surface area contributed by atoms with Crippen LogP contribution in [0.1, 0.15) is 130 Å². The number of carbonyl (C=O) groups is 2. The van der Waals surface area contributed by atoms with Gasteiger partial charge in [0.15, 0.2) is 0 Å². The summed E-state index contributed by atoms with van der Waals surface area (Å²) in [5.41, 5.74) is 0. The Morgan fingerprint density at radius 2 is 1.28 bits per heavy atom. The van der Waals surface area contributed by atoms with Gasteiger partial charge in [0.05, 0.1) is 18.3 Å². The van der Waals surface area contributed by atoms with Crippen molar-refractivity contribution in [3.63, 3.8) is 0 Å². The van der Waals surface area contributed by atoms with Gasteiger partial charge in [0.1, 0.15) is 5.78 Å². The Morgan fingerprint density at radius 1 is 0.750 bits per heavy atom. The van der Waals surface area contributed by atoms with Crippen molar-refractivity contribution in [2.24, 2.45) is 11.8 Å². The highest BCUT2D eigenvalue weighted by molar-refractivity contribution is 5.78. The lowest BCUT2D eigenvalue weighted by Gasteiger charge is -2.23. The number of ether oxygens (including phenoxy) is 1. The molecule has 0 bridgehead atoms. The van der Waals surface area contributed by atoms with E-state index >= 15 is 0 Å². The van der Waals surface area contributed by atoms with Gasteiger partial charge in [-0.05, 0) is 57.8 Å². The van der Waals surface area contributed by atoms with Crippen LogP contribution in [-0.2, 0) is 14.3 Å². The first-order valence-electron chi connectivity index (χ1n) is 13.4. The summed E-state index contributed by atoms with van der Waals surface area (Å²) in [6, 6.07) is 0. The van der Waals surface area contributed by atoms with Crippen molar-refractivity contribution in [2.75, 3.05) is 0 Å². The molecule has 2 N–H and O–H groups in total. The van der Waals surface area contributed by atoms with Crippen LogP contribution < -0.4 is 0 Å². The molecule has 0 spiro atoms. The molecule has 1 aliphatic carbocycles. The van der Waals surface area contributed by atoms with Crippen LogP contribution in [0.5, 0.6) is 0 Å². The van der Waals surface area contributed by atoms with Crippen LogP contribution >= 0.6 is 0 Å². The number of hydrogen-bond donors (Lipinski definition) is 2. The third kappa shape index (κ3) is 12.9. The molecule has 0 unspecified atom stereocenters. The summed E-state index contributed by atoms with van der Waals surface area (Å²) in [6.07, 6.45) is 15.0. The summed E-state index contributed by atoms with van der Waals surface area (Å²) in [5.74, 6) is 0.384. The first kappa shape index (κ1) is 29.1. The SMILES string of the molecule is CCCCCCCC(=O)CC[C@@H]1[C@@H](CCCCCCCCC(=O)OC(C)C)[C@@H](O)C[C@H]1O. The van der Waals surface area contributed by atoms with Gasteiger partial charge in [-0.2, -0.15) is 0 Å². The zero-order valence-corrected chi connectivity index (χ0v) is 21.0. The second-order valence-corrected chi connectivity index (χ2v) is 10.1. The van der Waals surface area contributed by atoms with Crippen LogP contribution in [0.2, 0.25) is 0 Å². The molecule has 0 aromatic carbocycles. The average Bonchev–Trinajstić information content (AvgIpc) is 3.00. The smallest absolute Gasteiger partial charge is 0.306 e. The minimum Gasteiger partial charge on any atom is -0.463 e. The molecule has 5 heteroatoms. The Balaban J connectivity index is 2.17. The number of hydrogen-bond acceptors (Lipinski definition) is 5. The normalized spacial score (nSPS) is 23.1. The molecule has 0 amide bonds. The average molecular weight is 455 g/mol. The van der Waals surface area contributed by atoms with Gasteiger partial charge in [-0.15, -0.1) is 0 Å². The number of carbonyl (C=O) groups excluding carboxylic acids is 2. The van der Waals surface area contributed by atoms with Crippen LogP contribution in [0.4, 0.5) is 0 Å².